The van der Waals surface area contributed by atoms with E-state index in [1.165, 1.54) is 11.8 Å². The Morgan fingerprint density at radius 1 is 1.44 bits per heavy atom. The highest BCUT2D eigenvalue weighted by atomic mass is 32.2. The molecule has 1 rings (SSSR count). The summed E-state index contributed by atoms with van der Waals surface area (Å²) < 4.78 is 0. The van der Waals surface area contributed by atoms with Crippen molar-refractivity contribution in [1.29, 1.82) is 0 Å². The standard InChI is InChI=1S/C14H18N2OS/c1-5-8-18-11(4)15-16-13-9-12(10(2)3)6-7-14(13)17/h5-10,17H,4H2,1-3H3/b8-5-,16-15?. The predicted octanol–water partition coefficient (Wildman–Crippen LogP) is 5.34. The highest BCUT2D eigenvalue weighted by molar-refractivity contribution is 8.05. The summed E-state index contributed by atoms with van der Waals surface area (Å²) >= 11 is 1.39. The molecule has 0 aliphatic heterocycles. The van der Waals surface area contributed by atoms with Crippen molar-refractivity contribution in [3.8, 4) is 5.75 Å². The molecule has 0 unspecified atom stereocenters. The molecular weight excluding hydrogens is 244 g/mol. The van der Waals surface area contributed by atoms with Gasteiger partial charge in [0.1, 0.15) is 16.5 Å². The molecule has 0 bridgehead atoms. The van der Waals surface area contributed by atoms with Crippen LogP contribution >= 0.6 is 11.8 Å². The molecule has 96 valence electrons. The highest BCUT2D eigenvalue weighted by Gasteiger charge is 2.04. The zero-order valence-corrected chi connectivity index (χ0v) is 11.7. The fourth-order valence-electron chi connectivity index (χ4n) is 1.26. The lowest BCUT2D eigenvalue weighted by atomic mass is 10.0. The Labute approximate surface area is 112 Å². The second-order valence-electron chi connectivity index (χ2n) is 4.08. The number of phenolic OH excluding ortho intramolecular Hbond substituents is 1. The van der Waals surface area contributed by atoms with Gasteiger partial charge in [0.2, 0.25) is 0 Å². The smallest absolute Gasteiger partial charge is 0.143 e. The molecule has 18 heavy (non-hydrogen) atoms. The van der Waals surface area contributed by atoms with E-state index in [9.17, 15) is 5.11 Å². The summed E-state index contributed by atoms with van der Waals surface area (Å²) in [5, 5.41) is 20.2. The first kappa shape index (κ1) is 14.5. The van der Waals surface area contributed by atoms with Gasteiger partial charge in [-0.2, -0.15) is 0 Å². The first-order valence-electron chi connectivity index (χ1n) is 5.76. The van der Waals surface area contributed by atoms with Crippen molar-refractivity contribution >= 4 is 17.4 Å². The Kier molecular flexibility index (Phi) is 5.65. The van der Waals surface area contributed by atoms with Gasteiger partial charge in [0.25, 0.3) is 0 Å². The normalized spacial score (nSPS) is 11.8. The molecule has 0 amide bonds. The van der Waals surface area contributed by atoms with E-state index < -0.39 is 0 Å². The lowest BCUT2D eigenvalue weighted by Crippen LogP contribution is -1.85. The maximum atomic E-state index is 9.70. The number of nitrogens with zero attached hydrogens (tertiary/aromatic N) is 2. The third kappa shape index (κ3) is 4.37. The zero-order chi connectivity index (χ0) is 13.5. The summed E-state index contributed by atoms with van der Waals surface area (Å²) in [6, 6.07) is 5.38. The van der Waals surface area contributed by atoms with Crippen LogP contribution in [0.3, 0.4) is 0 Å². The minimum absolute atomic E-state index is 0.131. The van der Waals surface area contributed by atoms with Gasteiger partial charge in [0.05, 0.1) is 0 Å². The number of phenols is 1. The second-order valence-corrected chi connectivity index (χ2v) is 5.06. The third-order valence-electron chi connectivity index (χ3n) is 2.28. The van der Waals surface area contributed by atoms with Gasteiger partial charge in [-0.05, 0) is 35.9 Å². The molecule has 0 atom stereocenters. The number of aromatic hydroxyl groups is 1. The molecule has 1 N–H and O–H groups in total. The van der Waals surface area contributed by atoms with Crippen molar-refractivity contribution in [3.63, 3.8) is 0 Å². The van der Waals surface area contributed by atoms with E-state index in [0.717, 1.165) is 5.56 Å². The molecule has 0 radical (unpaired) electrons. The summed E-state index contributed by atoms with van der Waals surface area (Å²) in [4.78, 5) is 0. The number of hydrogen-bond donors (Lipinski definition) is 1. The molecule has 0 aliphatic carbocycles. The molecule has 0 saturated carbocycles. The van der Waals surface area contributed by atoms with Gasteiger partial charge in [-0.1, -0.05) is 44.3 Å². The molecule has 0 fully saturated rings. The van der Waals surface area contributed by atoms with Crippen molar-refractivity contribution in [1.82, 2.24) is 0 Å². The fraction of sp³-hybridized carbons (Fsp3) is 0.286. The number of benzene rings is 1. The van der Waals surface area contributed by atoms with Crippen molar-refractivity contribution < 1.29 is 5.11 Å². The first-order valence-corrected chi connectivity index (χ1v) is 6.64. The lowest BCUT2D eigenvalue weighted by Gasteiger charge is -2.06. The SMILES string of the molecule is C=C(N=Nc1cc(C(C)C)ccc1O)S/C=C\C. The zero-order valence-electron chi connectivity index (χ0n) is 10.9. The average Bonchev–Trinajstić information content (AvgIpc) is 2.35. The van der Waals surface area contributed by atoms with Gasteiger partial charge in [-0.15, -0.1) is 10.2 Å². The first-order chi connectivity index (χ1) is 8.54. The van der Waals surface area contributed by atoms with Crippen LogP contribution in [0.5, 0.6) is 5.75 Å². The predicted molar refractivity (Wildman–Crippen MR) is 78.3 cm³/mol. The van der Waals surface area contributed by atoms with Crippen molar-refractivity contribution in [2.45, 2.75) is 26.7 Å². The average molecular weight is 262 g/mol. The maximum Gasteiger partial charge on any atom is 0.143 e. The third-order valence-corrected chi connectivity index (χ3v) is 3.04. The van der Waals surface area contributed by atoms with Crippen LogP contribution in [0.4, 0.5) is 5.69 Å². The van der Waals surface area contributed by atoms with Crippen LogP contribution in [0.25, 0.3) is 0 Å². The molecule has 3 nitrogen and oxygen atoms in total. The van der Waals surface area contributed by atoms with Crippen LogP contribution in [0, 0.1) is 0 Å². The summed E-state index contributed by atoms with van der Waals surface area (Å²) in [7, 11) is 0. The maximum absolute atomic E-state index is 9.70. The summed E-state index contributed by atoms with van der Waals surface area (Å²) in [6.07, 6.45) is 1.90. The highest BCUT2D eigenvalue weighted by Crippen LogP contribution is 2.31. The van der Waals surface area contributed by atoms with Gasteiger partial charge < -0.3 is 5.11 Å². The number of thioether (sulfide) groups is 1. The second kappa shape index (κ2) is 7.01. The molecule has 4 heteroatoms. The number of hydrogen-bond acceptors (Lipinski definition) is 4. The fourth-order valence-corrected chi connectivity index (χ4v) is 1.64. The van der Waals surface area contributed by atoms with Crippen LogP contribution in [-0.2, 0) is 0 Å². The largest absolute Gasteiger partial charge is 0.506 e. The van der Waals surface area contributed by atoms with E-state index in [1.807, 2.05) is 30.5 Å². The minimum atomic E-state index is 0.131. The molecular formula is C14H18N2OS. The van der Waals surface area contributed by atoms with E-state index in [-0.39, 0.29) is 5.75 Å². The van der Waals surface area contributed by atoms with Crippen LogP contribution in [0.1, 0.15) is 32.3 Å². The van der Waals surface area contributed by atoms with Gasteiger partial charge in [-0.3, -0.25) is 0 Å². The Balaban J connectivity index is 2.86. The Hall–Kier alpha value is -1.55. The molecule has 0 aromatic heterocycles. The lowest BCUT2D eigenvalue weighted by molar-refractivity contribution is 0.476. The number of rotatable bonds is 5. The van der Waals surface area contributed by atoms with Crippen molar-refractivity contribution in [2.75, 3.05) is 0 Å². The Bertz CT molecular complexity index is 479. The monoisotopic (exact) mass is 262 g/mol. The summed E-state index contributed by atoms with van der Waals surface area (Å²) in [5.74, 6) is 0.520. The Morgan fingerprint density at radius 3 is 2.78 bits per heavy atom. The van der Waals surface area contributed by atoms with Crippen LogP contribution in [0.15, 0.2) is 51.5 Å². The quantitative estimate of drug-likeness (QED) is 0.728. The van der Waals surface area contributed by atoms with Gasteiger partial charge in [-0.25, -0.2) is 0 Å². The summed E-state index contributed by atoms with van der Waals surface area (Å²) in [6.45, 7) is 9.87. The van der Waals surface area contributed by atoms with Crippen molar-refractivity contribution in [2.24, 2.45) is 10.2 Å². The topological polar surface area (TPSA) is 45.0 Å². The van der Waals surface area contributed by atoms with E-state index in [2.05, 4.69) is 30.7 Å². The van der Waals surface area contributed by atoms with E-state index in [0.29, 0.717) is 16.6 Å². The molecule has 0 saturated heterocycles. The van der Waals surface area contributed by atoms with Crippen molar-refractivity contribution in [3.05, 3.63) is 46.9 Å². The van der Waals surface area contributed by atoms with Crippen LogP contribution < -0.4 is 0 Å². The van der Waals surface area contributed by atoms with Gasteiger partial charge in [0, 0.05) is 0 Å². The molecule has 1 aromatic rings. The van der Waals surface area contributed by atoms with Crippen LogP contribution in [0.2, 0.25) is 0 Å². The molecule has 1 aromatic carbocycles. The minimum Gasteiger partial charge on any atom is -0.506 e. The van der Waals surface area contributed by atoms with Crippen LogP contribution in [-0.4, -0.2) is 5.11 Å². The number of azo groups is 1. The van der Waals surface area contributed by atoms with E-state index >= 15 is 0 Å². The summed E-state index contributed by atoms with van der Waals surface area (Å²) in [5.41, 5.74) is 1.59. The van der Waals surface area contributed by atoms with Gasteiger partial charge in [0.15, 0.2) is 0 Å². The molecule has 0 aliphatic rings. The van der Waals surface area contributed by atoms with Gasteiger partial charge >= 0.3 is 0 Å². The molecule has 0 heterocycles. The van der Waals surface area contributed by atoms with E-state index in [1.54, 1.807) is 6.07 Å². The molecule has 0 spiro atoms. The Morgan fingerprint density at radius 2 is 2.17 bits per heavy atom. The van der Waals surface area contributed by atoms with E-state index in [4.69, 9.17) is 0 Å². The number of allylic oxidation sites excluding steroid dienone is 1.